The third-order valence-electron chi connectivity index (χ3n) is 5.22. The molecule has 0 aliphatic carbocycles. The maximum atomic E-state index is 12.7. The lowest BCUT2D eigenvalue weighted by Crippen LogP contribution is -2.26. The number of aromatic nitrogens is 2. The number of carbonyl (C=O) groups is 2. The monoisotopic (exact) mass is 470 g/mol. The minimum absolute atomic E-state index is 0.0225. The van der Waals surface area contributed by atoms with Crippen LogP contribution in [0.25, 0.3) is 5.69 Å². The van der Waals surface area contributed by atoms with Crippen LogP contribution in [0.1, 0.15) is 28.9 Å². The molecule has 3 N–H and O–H groups in total. The quantitative estimate of drug-likeness (QED) is 0.261. The number of nitrogens with zero attached hydrogens (tertiary/aromatic N) is 3. The summed E-state index contributed by atoms with van der Waals surface area (Å²) in [6.45, 7) is 1.85. The number of urea groups is 1. The zero-order valence-electron chi connectivity index (χ0n) is 18.7. The van der Waals surface area contributed by atoms with E-state index in [-0.39, 0.29) is 23.7 Å². The van der Waals surface area contributed by atoms with Crippen molar-refractivity contribution in [3.05, 3.63) is 112 Å². The van der Waals surface area contributed by atoms with Crippen LogP contribution in [0.2, 0.25) is 0 Å². The molecule has 0 fully saturated rings. The highest BCUT2D eigenvalue weighted by atomic mass is 16.6. The Morgan fingerprint density at radius 3 is 2.17 bits per heavy atom. The summed E-state index contributed by atoms with van der Waals surface area (Å²) in [5.74, 6) is -0.310. The molecule has 4 aromatic rings. The van der Waals surface area contributed by atoms with Crippen LogP contribution >= 0.6 is 0 Å². The Kier molecular flexibility index (Phi) is 6.82. The Bertz CT molecular complexity index is 1330. The van der Waals surface area contributed by atoms with Gasteiger partial charge in [0.1, 0.15) is 0 Å². The van der Waals surface area contributed by atoms with Gasteiger partial charge in [-0.25, -0.2) is 9.48 Å². The fourth-order valence-corrected chi connectivity index (χ4v) is 3.34. The van der Waals surface area contributed by atoms with Crippen LogP contribution in [0.4, 0.5) is 21.9 Å². The van der Waals surface area contributed by atoms with Crippen LogP contribution in [0.3, 0.4) is 0 Å². The second kappa shape index (κ2) is 10.3. The van der Waals surface area contributed by atoms with Gasteiger partial charge in [0.05, 0.1) is 28.4 Å². The van der Waals surface area contributed by atoms with E-state index in [9.17, 15) is 19.7 Å². The number of hydrogen-bond donors (Lipinski definition) is 3. The third kappa shape index (κ3) is 5.88. The van der Waals surface area contributed by atoms with Crippen molar-refractivity contribution in [2.45, 2.75) is 13.0 Å². The first-order valence-corrected chi connectivity index (χ1v) is 10.7. The first kappa shape index (κ1) is 23.2. The minimum atomic E-state index is -0.477. The SMILES string of the molecule is CC(NC(=O)c1cnn(-c2ccc([N+](=O)[O-])cc2)c1)c1ccc(NC(=O)Nc2ccccc2)cc1. The molecular weight excluding hydrogens is 448 g/mol. The molecule has 0 bridgehead atoms. The summed E-state index contributed by atoms with van der Waals surface area (Å²) in [4.78, 5) is 35.1. The summed E-state index contributed by atoms with van der Waals surface area (Å²) < 4.78 is 1.48. The fourth-order valence-electron chi connectivity index (χ4n) is 3.34. The van der Waals surface area contributed by atoms with Crippen LogP contribution in [0.15, 0.2) is 91.3 Å². The van der Waals surface area contributed by atoms with Gasteiger partial charge in [-0.15, -0.1) is 0 Å². The number of hydrogen-bond acceptors (Lipinski definition) is 5. The number of carbonyl (C=O) groups excluding carboxylic acids is 2. The second-order valence-corrected chi connectivity index (χ2v) is 7.71. The molecule has 1 atom stereocenters. The Morgan fingerprint density at radius 2 is 1.54 bits per heavy atom. The molecule has 10 heteroatoms. The average molecular weight is 470 g/mol. The molecule has 0 aliphatic rings. The Morgan fingerprint density at radius 1 is 0.914 bits per heavy atom. The number of nitro groups is 1. The molecular formula is C25H22N6O4. The Labute approximate surface area is 200 Å². The maximum absolute atomic E-state index is 12.7. The molecule has 35 heavy (non-hydrogen) atoms. The van der Waals surface area contributed by atoms with E-state index >= 15 is 0 Å². The van der Waals surface area contributed by atoms with Crippen molar-refractivity contribution in [1.29, 1.82) is 0 Å². The molecule has 1 aromatic heterocycles. The first-order valence-electron chi connectivity index (χ1n) is 10.7. The highest BCUT2D eigenvalue weighted by molar-refractivity contribution is 5.99. The highest BCUT2D eigenvalue weighted by Gasteiger charge is 2.15. The number of anilines is 2. The topological polar surface area (TPSA) is 131 Å². The van der Waals surface area contributed by atoms with Crippen molar-refractivity contribution < 1.29 is 14.5 Å². The zero-order chi connectivity index (χ0) is 24.8. The molecule has 3 amide bonds. The number of nitrogens with one attached hydrogen (secondary N) is 3. The second-order valence-electron chi connectivity index (χ2n) is 7.71. The Hall–Kier alpha value is -4.99. The van der Waals surface area contributed by atoms with Crippen molar-refractivity contribution >= 4 is 29.0 Å². The van der Waals surface area contributed by atoms with Gasteiger partial charge < -0.3 is 16.0 Å². The Balaban J connectivity index is 1.33. The third-order valence-corrected chi connectivity index (χ3v) is 5.22. The lowest BCUT2D eigenvalue weighted by atomic mass is 10.1. The minimum Gasteiger partial charge on any atom is -0.345 e. The number of non-ortho nitro benzene ring substituents is 1. The lowest BCUT2D eigenvalue weighted by molar-refractivity contribution is -0.384. The van der Waals surface area contributed by atoms with Crippen molar-refractivity contribution in [1.82, 2.24) is 15.1 Å². The van der Waals surface area contributed by atoms with E-state index in [1.54, 1.807) is 42.6 Å². The van der Waals surface area contributed by atoms with E-state index in [0.29, 0.717) is 22.6 Å². The number of rotatable bonds is 7. The largest absolute Gasteiger partial charge is 0.345 e. The highest BCUT2D eigenvalue weighted by Crippen LogP contribution is 2.18. The summed E-state index contributed by atoms with van der Waals surface area (Å²) in [5, 5.41) is 23.4. The van der Waals surface area contributed by atoms with E-state index in [4.69, 9.17) is 0 Å². The van der Waals surface area contributed by atoms with Crippen LogP contribution in [-0.4, -0.2) is 26.6 Å². The number of nitro benzene ring substituents is 1. The lowest BCUT2D eigenvalue weighted by Gasteiger charge is -2.14. The molecule has 1 unspecified atom stereocenters. The molecule has 0 saturated heterocycles. The predicted molar refractivity (Wildman–Crippen MR) is 132 cm³/mol. The molecule has 0 radical (unpaired) electrons. The molecule has 0 aliphatic heterocycles. The normalized spacial score (nSPS) is 11.3. The van der Waals surface area contributed by atoms with E-state index in [2.05, 4.69) is 21.0 Å². The van der Waals surface area contributed by atoms with Gasteiger partial charge >= 0.3 is 6.03 Å². The molecule has 0 spiro atoms. The fraction of sp³-hybridized carbons (Fsp3) is 0.0800. The van der Waals surface area contributed by atoms with Gasteiger partial charge in [0.15, 0.2) is 0 Å². The average Bonchev–Trinajstić information content (AvgIpc) is 3.36. The van der Waals surface area contributed by atoms with Crippen molar-refractivity contribution in [2.24, 2.45) is 0 Å². The van der Waals surface area contributed by atoms with Gasteiger partial charge in [0, 0.05) is 29.7 Å². The van der Waals surface area contributed by atoms with E-state index in [1.807, 2.05) is 37.3 Å². The molecule has 1 heterocycles. The zero-order valence-corrected chi connectivity index (χ0v) is 18.7. The van der Waals surface area contributed by atoms with Gasteiger partial charge in [-0.1, -0.05) is 30.3 Å². The van der Waals surface area contributed by atoms with Crippen LogP contribution in [-0.2, 0) is 0 Å². The van der Waals surface area contributed by atoms with Gasteiger partial charge in [-0.3, -0.25) is 14.9 Å². The van der Waals surface area contributed by atoms with E-state index in [1.165, 1.54) is 23.0 Å². The van der Waals surface area contributed by atoms with Crippen molar-refractivity contribution in [3.63, 3.8) is 0 Å². The van der Waals surface area contributed by atoms with E-state index in [0.717, 1.165) is 5.56 Å². The van der Waals surface area contributed by atoms with Crippen LogP contribution < -0.4 is 16.0 Å². The molecule has 4 rings (SSSR count). The molecule has 176 valence electrons. The summed E-state index contributed by atoms with van der Waals surface area (Å²) in [6, 6.07) is 21.5. The maximum Gasteiger partial charge on any atom is 0.323 e. The van der Waals surface area contributed by atoms with Crippen LogP contribution in [0, 0.1) is 10.1 Å². The number of amides is 3. The van der Waals surface area contributed by atoms with Crippen LogP contribution in [0.5, 0.6) is 0 Å². The van der Waals surface area contributed by atoms with Gasteiger partial charge in [-0.05, 0) is 48.9 Å². The standard InChI is InChI=1S/C25H22N6O4/c1-17(18-7-9-21(10-8-18)29-25(33)28-20-5-3-2-4-6-20)27-24(32)19-15-26-30(16-19)22-11-13-23(14-12-22)31(34)35/h2-17H,1H3,(H,27,32)(H2,28,29,33). The first-order chi connectivity index (χ1) is 16.9. The van der Waals surface area contributed by atoms with Gasteiger partial charge in [0.2, 0.25) is 0 Å². The summed E-state index contributed by atoms with van der Waals surface area (Å²) in [7, 11) is 0. The van der Waals surface area contributed by atoms with Crippen molar-refractivity contribution in [3.8, 4) is 5.69 Å². The predicted octanol–water partition coefficient (Wildman–Crippen LogP) is 4.92. The van der Waals surface area contributed by atoms with Gasteiger partial charge in [-0.2, -0.15) is 5.10 Å². The number of benzene rings is 3. The summed E-state index contributed by atoms with van der Waals surface area (Å²) in [6.07, 6.45) is 2.99. The molecule has 3 aromatic carbocycles. The summed E-state index contributed by atoms with van der Waals surface area (Å²) >= 11 is 0. The molecule has 10 nitrogen and oxygen atoms in total. The van der Waals surface area contributed by atoms with E-state index < -0.39 is 4.92 Å². The smallest absolute Gasteiger partial charge is 0.323 e. The summed E-state index contributed by atoms with van der Waals surface area (Å²) in [5.41, 5.74) is 3.09. The molecule has 0 saturated carbocycles. The number of para-hydroxylation sites is 1. The van der Waals surface area contributed by atoms with Gasteiger partial charge in [0.25, 0.3) is 11.6 Å². The van der Waals surface area contributed by atoms with Crippen molar-refractivity contribution in [2.75, 3.05) is 10.6 Å².